The summed E-state index contributed by atoms with van der Waals surface area (Å²) in [5, 5.41) is 7.84. The number of fused-ring (bicyclic) bond motifs is 1. The zero-order valence-corrected chi connectivity index (χ0v) is 23.2. The molecule has 0 unspecified atom stereocenters. The topological polar surface area (TPSA) is 67.2 Å². The maximum Gasteiger partial charge on any atom is 0.240 e. The second-order valence-electron chi connectivity index (χ2n) is 10.6. The van der Waals surface area contributed by atoms with Crippen molar-refractivity contribution in [2.45, 2.75) is 64.7 Å². The quantitative estimate of drug-likeness (QED) is 0.451. The number of carbonyl (C=O) groups is 2. The summed E-state index contributed by atoms with van der Waals surface area (Å²) in [5.41, 5.74) is 4.11. The van der Waals surface area contributed by atoms with Gasteiger partial charge in [-0.15, -0.1) is 11.8 Å². The monoisotopic (exact) mass is 522 g/mol. The van der Waals surface area contributed by atoms with Gasteiger partial charge in [-0.05, 0) is 49.6 Å². The van der Waals surface area contributed by atoms with E-state index in [2.05, 4.69) is 26.1 Å². The minimum atomic E-state index is -0.352. The number of anilines is 1. The Morgan fingerprint density at radius 1 is 1.19 bits per heavy atom. The Morgan fingerprint density at radius 3 is 2.49 bits per heavy atom. The highest BCUT2D eigenvalue weighted by Crippen LogP contribution is 2.48. The Hall–Kier alpha value is -3.13. The van der Waals surface area contributed by atoms with E-state index in [1.165, 1.54) is 23.9 Å². The van der Waals surface area contributed by atoms with E-state index in [1.54, 1.807) is 17.0 Å². The molecular weight excluding hydrogens is 487 g/mol. The summed E-state index contributed by atoms with van der Waals surface area (Å²) in [6.45, 7) is 12.1. The average Bonchev–Trinajstić information content (AvgIpc) is 3.18. The highest BCUT2D eigenvalue weighted by atomic mass is 32.2. The Labute approximate surface area is 222 Å². The number of aryl methyl sites for hydroxylation is 1. The van der Waals surface area contributed by atoms with Gasteiger partial charge in [0.15, 0.2) is 0 Å². The van der Waals surface area contributed by atoms with Crippen LogP contribution < -0.4 is 10.2 Å². The molecule has 6 nitrogen and oxygen atoms in total. The van der Waals surface area contributed by atoms with Crippen LogP contribution in [0.25, 0.3) is 5.69 Å². The van der Waals surface area contributed by atoms with Gasteiger partial charge in [-0.2, -0.15) is 5.10 Å². The van der Waals surface area contributed by atoms with E-state index >= 15 is 0 Å². The van der Waals surface area contributed by atoms with Crippen LogP contribution in [0.5, 0.6) is 0 Å². The maximum atomic E-state index is 13.8. The average molecular weight is 523 g/mol. The number of nitrogens with one attached hydrogen (secondary N) is 1. The molecule has 196 valence electrons. The van der Waals surface area contributed by atoms with E-state index in [4.69, 9.17) is 5.10 Å². The first-order chi connectivity index (χ1) is 17.5. The van der Waals surface area contributed by atoms with Gasteiger partial charge in [0.25, 0.3) is 0 Å². The van der Waals surface area contributed by atoms with Gasteiger partial charge in [0.05, 0.1) is 22.4 Å². The van der Waals surface area contributed by atoms with E-state index in [0.29, 0.717) is 5.82 Å². The zero-order valence-electron chi connectivity index (χ0n) is 22.3. The third kappa shape index (κ3) is 5.59. The SMILES string of the molecule is CC[C@H](C)NC(=O)CN1C(=O)CS[C@H](c2ccc(F)cc2)c2c(C(C)(C)C)nn(-c3ccccc3C)c21. The maximum absolute atomic E-state index is 13.8. The van der Waals surface area contributed by atoms with Crippen molar-refractivity contribution in [3.63, 3.8) is 0 Å². The Balaban J connectivity index is 1.99. The van der Waals surface area contributed by atoms with Crippen LogP contribution in [-0.4, -0.2) is 39.9 Å². The molecule has 1 aliphatic heterocycles. The molecule has 0 saturated carbocycles. The summed E-state index contributed by atoms with van der Waals surface area (Å²) in [5.74, 6) is 0.0978. The zero-order chi connectivity index (χ0) is 26.9. The number of para-hydroxylation sites is 1. The normalized spacial score (nSPS) is 16.8. The fourth-order valence-electron chi connectivity index (χ4n) is 4.51. The van der Waals surface area contributed by atoms with Crippen LogP contribution in [0.3, 0.4) is 0 Å². The first-order valence-electron chi connectivity index (χ1n) is 12.7. The number of halogens is 1. The van der Waals surface area contributed by atoms with E-state index < -0.39 is 0 Å². The number of aromatic nitrogens is 2. The van der Waals surface area contributed by atoms with Crippen LogP contribution in [0, 0.1) is 12.7 Å². The molecule has 0 spiro atoms. The van der Waals surface area contributed by atoms with Gasteiger partial charge in [0, 0.05) is 17.0 Å². The third-order valence-corrected chi connectivity index (χ3v) is 7.89. The third-order valence-electron chi connectivity index (χ3n) is 6.64. The summed E-state index contributed by atoms with van der Waals surface area (Å²) < 4.78 is 15.7. The standard InChI is InChI=1S/C29H35FN4O2S/c1-7-19(3)31-23(35)16-33-24(36)17-37-26(20-12-14-21(30)15-13-20)25-27(29(4,5)6)32-34(28(25)33)22-11-9-8-10-18(22)2/h8-15,19,26H,7,16-17H2,1-6H3,(H,31,35)/t19-,26+/m0/s1. The molecule has 2 amide bonds. The summed E-state index contributed by atoms with van der Waals surface area (Å²) in [6.07, 6.45) is 0.794. The van der Waals surface area contributed by atoms with Crippen molar-refractivity contribution in [2.75, 3.05) is 17.2 Å². The van der Waals surface area contributed by atoms with Crippen LogP contribution in [0.2, 0.25) is 0 Å². The fourth-order valence-corrected chi connectivity index (χ4v) is 5.71. The number of benzene rings is 2. The number of hydrogen-bond acceptors (Lipinski definition) is 4. The number of carbonyl (C=O) groups excluding carboxylic acids is 2. The number of nitrogens with zero attached hydrogens (tertiary/aromatic N) is 3. The number of thioether (sulfide) groups is 1. The van der Waals surface area contributed by atoms with Crippen LogP contribution in [0.1, 0.15) is 68.7 Å². The molecule has 2 atom stereocenters. The van der Waals surface area contributed by atoms with Gasteiger partial charge in [-0.1, -0.05) is 58.0 Å². The molecule has 3 aromatic rings. The summed E-state index contributed by atoms with van der Waals surface area (Å²) in [7, 11) is 0. The minimum absolute atomic E-state index is 0.00167. The van der Waals surface area contributed by atoms with Crippen molar-refractivity contribution < 1.29 is 14.0 Å². The molecule has 37 heavy (non-hydrogen) atoms. The lowest BCUT2D eigenvalue weighted by molar-refractivity contribution is -0.123. The summed E-state index contributed by atoms with van der Waals surface area (Å²) in [4.78, 5) is 28.3. The molecule has 4 rings (SSSR count). The van der Waals surface area contributed by atoms with Crippen LogP contribution in [-0.2, 0) is 15.0 Å². The smallest absolute Gasteiger partial charge is 0.240 e. The number of amides is 2. The molecule has 1 aromatic heterocycles. The molecule has 0 saturated heterocycles. The van der Waals surface area contributed by atoms with Gasteiger partial charge >= 0.3 is 0 Å². The predicted octanol–water partition coefficient (Wildman–Crippen LogP) is 5.70. The van der Waals surface area contributed by atoms with Crippen LogP contribution >= 0.6 is 11.8 Å². The van der Waals surface area contributed by atoms with Crippen molar-refractivity contribution >= 4 is 29.4 Å². The van der Waals surface area contributed by atoms with Gasteiger partial charge in [-0.3, -0.25) is 14.5 Å². The summed E-state index contributed by atoms with van der Waals surface area (Å²) >= 11 is 1.49. The van der Waals surface area contributed by atoms with Gasteiger partial charge < -0.3 is 5.32 Å². The van der Waals surface area contributed by atoms with E-state index in [1.807, 2.05) is 49.7 Å². The first kappa shape index (κ1) is 26.9. The van der Waals surface area contributed by atoms with E-state index in [0.717, 1.165) is 34.5 Å². The molecule has 0 aliphatic carbocycles. The highest BCUT2D eigenvalue weighted by Gasteiger charge is 2.40. The first-order valence-corrected chi connectivity index (χ1v) is 13.7. The Bertz CT molecular complexity index is 1300. The molecule has 1 N–H and O–H groups in total. The van der Waals surface area contributed by atoms with Gasteiger partial charge in [0.1, 0.15) is 18.2 Å². The van der Waals surface area contributed by atoms with Crippen LogP contribution in [0.4, 0.5) is 10.2 Å². The minimum Gasteiger partial charge on any atom is -0.352 e. The van der Waals surface area contributed by atoms with E-state index in [9.17, 15) is 14.0 Å². The largest absolute Gasteiger partial charge is 0.352 e. The number of hydrogen-bond donors (Lipinski definition) is 1. The van der Waals surface area contributed by atoms with Crippen molar-refractivity contribution in [1.82, 2.24) is 15.1 Å². The van der Waals surface area contributed by atoms with Crippen molar-refractivity contribution in [2.24, 2.45) is 0 Å². The molecule has 8 heteroatoms. The Kier molecular flexibility index (Phi) is 7.78. The molecule has 0 radical (unpaired) electrons. The molecule has 0 fully saturated rings. The van der Waals surface area contributed by atoms with Crippen molar-refractivity contribution in [3.05, 3.63) is 76.7 Å². The van der Waals surface area contributed by atoms with Crippen molar-refractivity contribution in [3.8, 4) is 5.69 Å². The molecule has 0 bridgehead atoms. The summed E-state index contributed by atoms with van der Waals surface area (Å²) in [6, 6.07) is 14.3. The molecule has 2 aromatic carbocycles. The van der Waals surface area contributed by atoms with E-state index in [-0.39, 0.29) is 46.6 Å². The fraction of sp³-hybridized carbons (Fsp3) is 0.414. The second kappa shape index (κ2) is 10.7. The Morgan fingerprint density at radius 2 is 1.86 bits per heavy atom. The molecule has 2 heterocycles. The highest BCUT2D eigenvalue weighted by molar-refractivity contribution is 8.00. The lowest BCUT2D eigenvalue weighted by Crippen LogP contribution is -2.44. The van der Waals surface area contributed by atoms with Gasteiger partial charge in [-0.25, -0.2) is 9.07 Å². The lowest BCUT2D eigenvalue weighted by atomic mass is 9.87. The van der Waals surface area contributed by atoms with Crippen LogP contribution in [0.15, 0.2) is 48.5 Å². The van der Waals surface area contributed by atoms with Crippen molar-refractivity contribution in [1.29, 1.82) is 0 Å². The molecule has 1 aliphatic rings. The number of rotatable bonds is 6. The predicted molar refractivity (Wildman–Crippen MR) is 148 cm³/mol. The molecular formula is C29H35FN4O2S. The second-order valence-corrected chi connectivity index (χ2v) is 11.7. The van der Waals surface area contributed by atoms with Gasteiger partial charge in [0.2, 0.25) is 11.8 Å². The lowest BCUT2D eigenvalue weighted by Gasteiger charge is -2.25.